The van der Waals surface area contributed by atoms with Gasteiger partial charge in [0.05, 0.1) is 54.5 Å². The molecule has 1 fully saturated rings. The van der Waals surface area contributed by atoms with Gasteiger partial charge in [-0.3, -0.25) is 24.2 Å². The maximum absolute atomic E-state index is 14.3. The molecule has 0 aliphatic carbocycles. The molecule has 0 bridgehead atoms. The SMILES string of the molecule is CC[C@H](C)[C@@H]([C@@H](CC(=O)N1CCC[C@H]1[C@H](OC)[C@@H](C)C(=O)C[C@@H](Cc1ccccc1)C(=O)OC)OC)N(C)C(=O)[C@@H](Cc1ncc(C)cc1Cl)C(C)C. The standard InChI is InChI=1S/C42H62ClN3O7/c1-11-28(5)39(45(7)41(49)32(26(2)3)23-34-33(43)20-27(4)25-44-34)37(51-8)24-38(48)46-19-15-18-35(46)40(52-9)29(6)36(47)22-31(42(50)53-10)21-30-16-13-12-14-17-30/h12-14,16-17,20,25-26,28-29,31-32,35,37,39-40H,11,15,18-19,21-24H2,1-10H3/t28-,29-,31+,32-,35-,37+,39-,40+/m0/s1. The van der Waals surface area contributed by atoms with Crippen molar-refractivity contribution < 1.29 is 33.4 Å². The number of nitrogens with zero attached hydrogens (tertiary/aromatic N) is 3. The van der Waals surface area contributed by atoms with E-state index >= 15 is 0 Å². The molecular weight excluding hydrogens is 694 g/mol. The van der Waals surface area contributed by atoms with Gasteiger partial charge >= 0.3 is 5.97 Å². The molecule has 3 rings (SSSR count). The largest absolute Gasteiger partial charge is 0.469 e. The third-order valence-electron chi connectivity index (χ3n) is 11.2. The van der Waals surface area contributed by atoms with E-state index in [9.17, 15) is 19.2 Å². The van der Waals surface area contributed by atoms with Crippen LogP contribution in [0.3, 0.4) is 0 Å². The number of benzene rings is 1. The van der Waals surface area contributed by atoms with Gasteiger partial charge in [0.2, 0.25) is 11.8 Å². The Kier molecular flexibility index (Phi) is 17.4. The van der Waals surface area contributed by atoms with Crippen LogP contribution >= 0.6 is 11.6 Å². The van der Waals surface area contributed by atoms with Crippen molar-refractivity contribution in [2.24, 2.45) is 29.6 Å². The van der Waals surface area contributed by atoms with Crippen molar-refractivity contribution in [2.75, 3.05) is 34.9 Å². The number of hydrogen-bond acceptors (Lipinski definition) is 8. The molecule has 1 aliphatic heterocycles. The summed E-state index contributed by atoms with van der Waals surface area (Å²) in [4.78, 5) is 63.1. The molecule has 8 atom stereocenters. The summed E-state index contributed by atoms with van der Waals surface area (Å²) in [6.07, 6.45) is 3.74. The minimum Gasteiger partial charge on any atom is -0.469 e. The zero-order valence-corrected chi connectivity index (χ0v) is 34.2. The van der Waals surface area contributed by atoms with Gasteiger partial charge in [0.1, 0.15) is 5.78 Å². The molecule has 1 aromatic carbocycles. The highest BCUT2D eigenvalue weighted by Crippen LogP contribution is 2.32. The number of aromatic nitrogens is 1. The van der Waals surface area contributed by atoms with Crippen LogP contribution in [0.25, 0.3) is 0 Å². The number of ether oxygens (including phenoxy) is 3. The number of hydrogen-bond donors (Lipinski definition) is 0. The lowest BCUT2D eigenvalue weighted by Gasteiger charge is -2.40. The fourth-order valence-corrected chi connectivity index (χ4v) is 8.16. The lowest BCUT2D eigenvalue weighted by atomic mass is 9.85. The highest BCUT2D eigenvalue weighted by atomic mass is 35.5. The Morgan fingerprint density at radius 1 is 1.00 bits per heavy atom. The molecule has 0 saturated carbocycles. The van der Waals surface area contributed by atoms with E-state index in [-0.39, 0.29) is 60.3 Å². The van der Waals surface area contributed by atoms with E-state index in [1.165, 1.54) is 7.11 Å². The summed E-state index contributed by atoms with van der Waals surface area (Å²) < 4.78 is 17.1. The van der Waals surface area contributed by atoms with Crippen LogP contribution in [0.15, 0.2) is 42.6 Å². The molecule has 53 heavy (non-hydrogen) atoms. The maximum atomic E-state index is 14.3. The molecule has 0 spiro atoms. The van der Waals surface area contributed by atoms with Gasteiger partial charge in [0.25, 0.3) is 0 Å². The van der Waals surface area contributed by atoms with E-state index in [0.29, 0.717) is 36.5 Å². The van der Waals surface area contributed by atoms with Gasteiger partial charge in [-0.25, -0.2) is 0 Å². The van der Waals surface area contributed by atoms with Crippen molar-refractivity contribution in [1.29, 1.82) is 0 Å². The summed E-state index contributed by atoms with van der Waals surface area (Å²) in [6, 6.07) is 10.7. The summed E-state index contributed by atoms with van der Waals surface area (Å²) in [7, 11) is 6.30. The number of halogens is 1. The molecule has 11 heteroatoms. The van der Waals surface area contributed by atoms with Crippen LogP contribution in [0, 0.1) is 36.5 Å². The number of pyridine rings is 1. The quantitative estimate of drug-likeness (QED) is 0.136. The van der Waals surface area contributed by atoms with Crippen LogP contribution in [0.5, 0.6) is 0 Å². The number of ketones is 1. The van der Waals surface area contributed by atoms with Gasteiger partial charge < -0.3 is 24.0 Å². The first-order valence-electron chi connectivity index (χ1n) is 19.1. The highest BCUT2D eigenvalue weighted by Gasteiger charge is 2.43. The maximum Gasteiger partial charge on any atom is 0.309 e. The number of likely N-dealkylation sites (tertiary alicyclic amines) is 1. The molecule has 1 saturated heterocycles. The molecule has 2 amide bonds. The van der Waals surface area contributed by atoms with Crippen LogP contribution in [0.4, 0.5) is 0 Å². The van der Waals surface area contributed by atoms with Crippen molar-refractivity contribution in [3.8, 4) is 0 Å². The van der Waals surface area contributed by atoms with Crippen molar-refractivity contribution in [3.05, 3.63) is 64.4 Å². The van der Waals surface area contributed by atoms with Gasteiger partial charge in [0, 0.05) is 58.7 Å². The summed E-state index contributed by atoms with van der Waals surface area (Å²) in [5.74, 6) is -2.21. The summed E-state index contributed by atoms with van der Waals surface area (Å²) in [5.41, 5.74) is 2.59. The van der Waals surface area contributed by atoms with E-state index in [4.69, 9.17) is 25.8 Å². The van der Waals surface area contributed by atoms with Crippen LogP contribution < -0.4 is 0 Å². The van der Waals surface area contributed by atoms with Gasteiger partial charge in [-0.2, -0.15) is 0 Å². The topological polar surface area (TPSA) is 115 Å². The lowest BCUT2D eigenvalue weighted by molar-refractivity contribution is -0.149. The Balaban J connectivity index is 1.79. The second-order valence-corrected chi connectivity index (χ2v) is 15.6. The van der Waals surface area contributed by atoms with E-state index in [1.54, 1.807) is 25.3 Å². The predicted molar refractivity (Wildman–Crippen MR) is 207 cm³/mol. The summed E-state index contributed by atoms with van der Waals surface area (Å²) in [6.45, 7) is 12.5. The van der Waals surface area contributed by atoms with Crippen LogP contribution in [0.1, 0.15) is 83.5 Å². The van der Waals surface area contributed by atoms with Crippen LogP contribution in [-0.2, 0) is 46.2 Å². The molecule has 2 aromatic rings. The number of likely N-dealkylation sites (N-methyl/N-ethyl adjacent to an activating group) is 1. The Bertz CT molecular complexity index is 1500. The normalized spacial score (nSPS) is 18.5. The zero-order chi connectivity index (χ0) is 39.4. The van der Waals surface area contributed by atoms with Gasteiger partial charge in [0.15, 0.2) is 0 Å². The first-order valence-corrected chi connectivity index (χ1v) is 19.4. The van der Waals surface area contributed by atoms with E-state index < -0.39 is 30.0 Å². The Morgan fingerprint density at radius 3 is 2.25 bits per heavy atom. The molecule has 0 N–H and O–H groups in total. The molecule has 294 valence electrons. The van der Waals surface area contributed by atoms with Crippen molar-refractivity contribution in [2.45, 2.75) is 111 Å². The summed E-state index contributed by atoms with van der Waals surface area (Å²) >= 11 is 6.55. The molecular formula is C42H62ClN3O7. The molecule has 10 nitrogen and oxygen atoms in total. The average Bonchev–Trinajstić information content (AvgIpc) is 3.63. The van der Waals surface area contributed by atoms with Crippen LogP contribution in [0.2, 0.25) is 5.02 Å². The number of carbonyl (C=O) groups is 4. The number of esters is 1. The average molecular weight is 756 g/mol. The lowest BCUT2D eigenvalue weighted by Crippen LogP contribution is -2.54. The van der Waals surface area contributed by atoms with Gasteiger partial charge in [-0.15, -0.1) is 0 Å². The first-order chi connectivity index (χ1) is 25.2. The third-order valence-corrected chi connectivity index (χ3v) is 11.6. The number of methoxy groups -OCH3 is 3. The number of rotatable bonds is 20. The van der Waals surface area contributed by atoms with Crippen LogP contribution in [-0.4, -0.2) is 97.6 Å². The van der Waals surface area contributed by atoms with Gasteiger partial charge in [-0.1, -0.05) is 83.0 Å². The smallest absolute Gasteiger partial charge is 0.309 e. The Morgan fingerprint density at radius 2 is 1.68 bits per heavy atom. The second-order valence-electron chi connectivity index (χ2n) is 15.2. The van der Waals surface area contributed by atoms with Crippen molar-refractivity contribution >= 4 is 35.2 Å². The minimum absolute atomic E-state index is 0.00944. The minimum atomic E-state index is -0.628. The molecule has 1 aliphatic rings. The molecule has 0 unspecified atom stereocenters. The number of carbonyl (C=O) groups excluding carboxylic acids is 4. The van der Waals surface area contributed by atoms with E-state index in [1.807, 2.05) is 76.0 Å². The second kappa shape index (κ2) is 20.9. The predicted octanol–water partition coefficient (Wildman–Crippen LogP) is 6.77. The Labute approximate surface area is 322 Å². The van der Waals surface area contributed by atoms with E-state index in [0.717, 1.165) is 24.0 Å². The van der Waals surface area contributed by atoms with E-state index in [2.05, 4.69) is 18.8 Å². The number of Topliss-reactive ketones (excluding diaryl/α,β-unsaturated/α-hetero) is 1. The summed E-state index contributed by atoms with van der Waals surface area (Å²) in [5, 5.41) is 0.547. The van der Waals surface area contributed by atoms with Gasteiger partial charge in [-0.05, 0) is 55.2 Å². The number of amides is 2. The third kappa shape index (κ3) is 11.6. The monoisotopic (exact) mass is 755 g/mol. The molecule has 2 heterocycles. The first kappa shape index (κ1) is 44.1. The van der Waals surface area contributed by atoms with Crippen molar-refractivity contribution in [1.82, 2.24) is 14.8 Å². The highest BCUT2D eigenvalue weighted by molar-refractivity contribution is 6.31. The Hall–Kier alpha value is -3.34. The number of aryl methyl sites for hydroxylation is 1. The fourth-order valence-electron chi connectivity index (χ4n) is 7.86. The van der Waals surface area contributed by atoms with Crippen molar-refractivity contribution in [3.63, 3.8) is 0 Å². The molecule has 1 aromatic heterocycles. The fraction of sp³-hybridized carbons (Fsp3) is 0.643. The molecule has 0 radical (unpaired) electrons. The zero-order valence-electron chi connectivity index (χ0n) is 33.5.